The molecule has 0 aromatic heterocycles. The first-order valence-corrected chi connectivity index (χ1v) is 9.15. The van der Waals surface area contributed by atoms with Gasteiger partial charge >= 0.3 is 0 Å². The Morgan fingerprint density at radius 1 is 0.909 bits per heavy atom. The Bertz CT molecular complexity index is 558. The van der Waals surface area contributed by atoms with Crippen LogP contribution in [0.4, 0.5) is 0 Å². The Kier molecular flexibility index (Phi) is 5.69. The minimum absolute atomic E-state index is 0.466. The SMILES string of the molecule is Brc1ccc(C(NCc2ccccc2)C2CCCCC2)cc1. The van der Waals surface area contributed by atoms with Crippen molar-refractivity contribution >= 4 is 15.9 Å². The fourth-order valence-corrected chi connectivity index (χ4v) is 3.78. The zero-order valence-electron chi connectivity index (χ0n) is 13.0. The molecule has 116 valence electrons. The van der Waals surface area contributed by atoms with E-state index in [9.17, 15) is 0 Å². The van der Waals surface area contributed by atoms with Gasteiger partial charge in [0.05, 0.1) is 0 Å². The van der Waals surface area contributed by atoms with Crippen LogP contribution < -0.4 is 5.32 Å². The summed E-state index contributed by atoms with van der Waals surface area (Å²) in [6, 6.07) is 20.0. The summed E-state index contributed by atoms with van der Waals surface area (Å²) in [5.41, 5.74) is 2.78. The van der Waals surface area contributed by atoms with Crippen LogP contribution in [0, 0.1) is 5.92 Å². The third-order valence-electron chi connectivity index (χ3n) is 4.72. The maximum Gasteiger partial charge on any atom is 0.0351 e. The van der Waals surface area contributed by atoms with E-state index in [-0.39, 0.29) is 0 Å². The van der Waals surface area contributed by atoms with Crippen molar-refractivity contribution in [2.75, 3.05) is 0 Å². The number of halogens is 1. The summed E-state index contributed by atoms with van der Waals surface area (Å²) in [7, 11) is 0. The van der Waals surface area contributed by atoms with E-state index in [1.54, 1.807) is 0 Å². The molecule has 2 aromatic carbocycles. The predicted octanol–water partition coefficient (Wildman–Crippen LogP) is 5.86. The molecule has 0 bridgehead atoms. The van der Waals surface area contributed by atoms with Crippen LogP contribution in [0.15, 0.2) is 59.1 Å². The van der Waals surface area contributed by atoms with Gasteiger partial charge in [-0.05, 0) is 42.0 Å². The lowest BCUT2D eigenvalue weighted by atomic mass is 9.81. The van der Waals surface area contributed by atoms with E-state index in [4.69, 9.17) is 0 Å². The van der Waals surface area contributed by atoms with E-state index in [2.05, 4.69) is 75.8 Å². The second-order valence-electron chi connectivity index (χ2n) is 6.29. The van der Waals surface area contributed by atoms with Crippen LogP contribution in [-0.4, -0.2) is 0 Å². The van der Waals surface area contributed by atoms with Crippen molar-refractivity contribution in [3.05, 3.63) is 70.2 Å². The van der Waals surface area contributed by atoms with Crippen molar-refractivity contribution in [2.45, 2.75) is 44.7 Å². The second-order valence-corrected chi connectivity index (χ2v) is 7.21. The van der Waals surface area contributed by atoms with Crippen molar-refractivity contribution in [3.8, 4) is 0 Å². The lowest BCUT2D eigenvalue weighted by molar-refractivity contribution is 0.270. The molecule has 0 saturated heterocycles. The van der Waals surface area contributed by atoms with E-state index in [0.29, 0.717) is 6.04 Å². The van der Waals surface area contributed by atoms with Crippen molar-refractivity contribution in [3.63, 3.8) is 0 Å². The van der Waals surface area contributed by atoms with Gasteiger partial charge in [-0.25, -0.2) is 0 Å². The van der Waals surface area contributed by atoms with Gasteiger partial charge in [0.15, 0.2) is 0 Å². The summed E-state index contributed by atoms with van der Waals surface area (Å²) >= 11 is 3.55. The average Bonchev–Trinajstić information content (AvgIpc) is 2.58. The Morgan fingerprint density at radius 3 is 2.27 bits per heavy atom. The molecule has 1 saturated carbocycles. The lowest BCUT2D eigenvalue weighted by Gasteiger charge is -2.31. The summed E-state index contributed by atoms with van der Waals surface area (Å²) in [5, 5.41) is 3.83. The predicted molar refractivity (Wildman–Crippen MR) is 96.7 cm³/mol. The highest BCUT2D eigenvalue weighted by Crippen LogP contribution is 2.35. The smallest absolute Gasteiger partial charge is 0.0351 e. The van der Waals surface area contributed by atoms with Crippen molar-refractivity contribution < 1.29 is 0 Å². The molecule has 1 aliphatic carbocycles. The highest BCUT2D eigenvalue weighted by atomic mass is 79.9. The largest absolute Gasteiger partial charge is 0.306 e. The van der Waals surface area contributed by atoms with Gasteiger partial charge in [-0.1, -0.05) is 77.7 Å². The molecule has 0 aliphatic heterocycles. The monoisotopic (exact) mass is 357 g/mol. The molecule has 0 amide bonds. The molecule has 1 nitrogen and oxygen atoms in total. The Hall–Kier alpha value is -1.12. The second kappa shape index (κ2) is 7.94. The highest BCUT2D eigenvalue weighted by molar-refractivity contribution is 9.10. The standard InChI is InChI=1S/C20H24BrN/c21-19-13-11-18(12-14-19)20(17-9-5-2-6-10-17)22-15-16-7-3-1-4-8-16/h1,3-4,7-8,11-14,17,20,22H,2,5-6,9-10,15H2. The zero-order chi connectivity index (χ0) is 15.2. The molecule has 0 radical (unpaired) electrons. The lowest BCUT2D eigenvalue weighted by Crippen LogP contribution is -2.29. The van der Waals surface area contributed by atoms with Crippen LogP contribution >= 0.6 is 15.9 Å². The summed E-state index contributed by atoms with van der Waals surface area (Å²) < 4.78 is 1.15. The number of rotatable bonds is 5. The minimum atomic E-state index is 0.466. The zero-order valence-corrected chi connectivity index (χ0v) is 14.6. The van der Waals surface area contributed by atoms with E-state index >= 15 is 0 Å². The van der Waals surface area contributed by atoms with Gasteiger partial charge in [0.25, 0.3) is 0 Å². The Balaban J connectivity index is 1.74. The van der Waals surface area contributed by atoms with Crippen molar-refractivity contribution in [1.29, 1.82) is 0 Å². The maximum absolute atomic E-state index is 3.83. The van der Waals surface area contributed by atoms with Crippen LogP contribution in [0.3, 0.4) is 0 Å². The Morgan fingerprint density at radius 2 is 1.59 bits per heavy atom. The number of benzene rings is 2. The van der Waals surface area contributed by atoms with E-state index < -0.39 is 0 Å². The van der Waals surface area contributed by atoms with Crippen LogP contribution in [-0.2, 0) is 6.54 Å². The maximum atomic E-state index is 3.83. The summed E-state index contributed by atoms with van der Waals surface area (Å²) in [6.45, 7) is 0.943. The molecule has 1 atom stereocenters. The van der Waals surface area contributed by atoms with Gasteiger partial charge in [0.2, 0.25) is 0 Å². The number of hydrogen-bond acceptors (Lipinski definition) is 1. The molecular formula is C20H24BrN. The third kappa shape index (κ3) is 4.21. The number of nitrogens with one attached hydrogen (secondary N) is 1. The highest BCUT2D eigenvalue weighted by Gasteiger charge is 2.24. The van der Waals surface area contributed by atoms with E-state index in [1.165, 1.54) is 43.2 Å². The Labute approximate surface area is 142 Å². The van der Waals surface area contributed by atoms with E-state index in [0.717, 1.165) is 16.9 Å². The normalized spacial score (nSPS) is 17.3. The molecule has 0 heterocycles. The van der Waals surface area contributed by atoms with Crippen LogP contribution in [0.5, 0.6) is 0 Å². The summed E-state index contributed by atoms with van der Waals surface area (Å²) in [5.74, 6) is 0.763. The first kappa shape index (κ1) is 15.8. The van der Waals surface area contributed by atoms with Crippen molar-refractivity contribution in [1.82, 2.24) is 5.32 Å². The fraction of sp³-hybridized carbons (Fsp3) is 0.400. The molecule has 2 heteroatoms. The quantitative estimate of drug-likeness (QED) is 0.706. The first-order valence-electron chi connectivity index (χ1n) is 8.36. The molecule has 1 N–H and O–H groups in total. The van der Waals surface area contributed by atoms with Gasteiger partial charge in [-0.2, -0.15) is 0 Å². The van der Waals surface area contributed by atoms with Gasteiger partial charge in [-0.3, -0.25) is 0 Å². The van der Waals surface area contributed by atoms with Gasteiger partial charge in [-0.15, -0.1) is 0 Å². The topological polar surface area (TPSA) is 12.0 Å². The van der Waals surface area contributed by atoms with Crippen LogP contribution in [0.1, 0.15) is 49.3 Å². The van der Waals surface area contributed by atoms with E-state index in [1.807, 2.05) is 0 Å². The number of hydrogen-bond donors (Lipinski definition) is 1. The molecule has 0 spiro atoms. The van der Waals surface area contributed by atoms with Crippen LogP contribution in [0.25, 0.3) is 0 Å². The third-order valence-corrected chi connectivity index (χ3v) is 5.25. The molecule has 1 fully saturated rings. The molecule has 3 rings (SSSR count). The van der Waals surface area contributed by atoms with Gasteiger partial charge in [0, 0.05) is 17.1 Å². The molecule has 1 unspecified atom stereocenters. The molecule has 2 aromatic rings. The molecule has 1 aliphatic rings. The summed E-state index contributed by atoms with van der Waals surface area (Å²) in [6.07, 6.45) is 6.86. The first-order chi connectivity index (χ1) is 10.8. The average molecular weight is 358 g/mol. The van der Waals surface area contributed by atoms with Gasteiger partial charge < -0.3 is 5.32 Å². The molecular weight excluding hydrogens is 334 g/mol. The van der Waals surface area contributed by atoms with Crippen molar-refractivity contribution in [2.24, 2.45) is 5.92 Å². The minimum Gasteiger partial charge on any atom is -0.306 e. The molecule has 22 heavy (non-hydrogen) atoms. The fourth-order valence-electron chi connectivity index (χ4n) is 3.52. The van der Waals surface area contributed by atoms with Gasteiger partial charge in [0.1, 0.15) is 0 Å². The van der Waals surface area contributed by atoms with Crippen LogP contribution in [0.2, 0.25) is 0 Å². The summed E-state index contributed by atoms with van der Waals surface area (Å²) in [4.78, 5) is 0.